The van der Waals surface area contributed by atoms with E-state index in [4.69, 9.17) is 9.84 Å². The minimum Gasteiger partial charge on any atom is -0.619 e. The average molecular weight is 410 g/mol. The molecule has 0 spiro atoms. The number of benzene rings is 1. The van der Waals surface area contributed by atoms with Gasteiger partial charge in [-0.3, -0.25) is 30.3 Å². The molecule has 0 aliphatic carbocycles. The summed E-state index contributed by atoms with van der Waals surface area (Å²) in [4.78, 5) is 39.0. The summed E-state index contributed by atoms with van der Waals surface area (Å²) in [5, 5.41) is 50.8. The molecule has 0 aliphatic rings. The zero-order valence-electron chi connectivity index (χ0n) is 14.8. The fourth-order valence-electron chi connectivity index (χ4n) is 1.80. The SMILES string of the molecule is CCCOC(=O)c1cc[n+]([O-])cc1.O=[N+]([O-])c1cc([N+](=O)[O-])c(O)c([N+](=O)[O-])c1. The topological polar surface area (TPSA) is 203 Å². The van der Waals surface area contributed by atoms with Gasteiger partial charge in [0, 0.05) is 12.1 Å². The van der Waals surface area contributed by atoms with Crippen molar-refractivity contribution in [3.63, 3.8) is 0 Å². The molecule has 1 heterocycles. The van der Waals surface area contributed by atoms with Crippen molar-refractivity contribution in [2.24, 2.45) is 0 Å². The van der Waals surface area contributed by atoms with Crippen LogP contribution in [0.3, 0.4) is 0 Å². The fourth-order valence-corrected chi connectivity index (χ4v) is 1.80. The highest BCUT2D eigenvalue weighted by atomic mass is 16.6. The molecule has 0 saturated carbocycles. The van der Waals surface area contributed by atoms with Gasteiger partial charge in [-0.25, -0.2) is 4.79 Å². The first-order valence-corrected chi connectivity index (χ1v) is 7.74. The van der Waals surface area contributed by atoms with Crippen LogP contribution in [0.1, 0.15) is 23.7 Å². The van der Waals surface area contributed by atoms with Gasteiger partial charge in [0.2, 0.25) is 0 Å². The first-order valence-electron chi connectivity index (χ1n) is 7.74. The lowest BCUT2D eigenvalue weighted by Gasteiger charge is -2.01. The molecule has 0 fully saturated rings. The van der Waals surface area contributed by atoms with Crippen molar-refractivity contribution in [3.05, 3.63) is 77.8 Å². The van der Waals surface area contributed by atoms with Crippen LogP contribution in [-0.2, 0) is 4.74 Å². The minimum atomic E-state index is -1.21. The smallest absolute Gasteiger partial charge is 0.338 e. The molecule has 14 nitrogen and oxygen atoms in total. The fraction of sp³-hybridized carbons (Fsp3) is 0.200. The number of hydrogen-bond donors (Lipinski definition) is 1. The van der Waals surface area contributed by atoms with Crippen LogP contribution in [0.25, 0.3) is 0 Å². The van der Waals surface area contributed by atoms with Crippen molar-refractivity contribution >= 4 is 23.0 Å². The molecular weight excluding hydrogens is 396 g/mol. The highest BCUT2D eigenvalue weighted by molar-refractivity contribution is 5.88. The lowest BCUT2D eigenvalue weighted by Crippen LogP contribution is -2.24. The van der Waals surface area contributed by atoms with Crippen LogP contribution in [0, 0.1) is 35.6 Å². The van der Waals surface area contributed by atoms with Gasteiger partial charge in [0.05, 0.1) is 39.1 Å². The quantitative estimate of drug-likeness (QED) is 0.241. The summed E-state index contributed by atoms with van der Waals surface area (Å²) in [6, 6.07) is 3.76. The number of aromatic nitrogens is 1. The Hall–Kier alpha value is -4.36. The van der Waals surface area contributed by atoms with Gasteiger partial charge in [0.15, 0.2) is 12.4 Å². The third-order valence-electron chi connectivity index (χ3n) is 3.13. The molecule has 2 rings (SSSR count). The van der Waals surface area contributed by atoms with E-state index in [1.54, 1.807) is 0 Å². The number of carbonyl (C=O) groups excluding carboxylic acids is 1. The predicted octanol–water partition coefficient (Wildman–Crippen LogP) is 2.00. The summed E-state index contributed by atoms with van der Waals surface area (Å²) >= 11 is 0. The van der Waals surface area contributed by atoms with Gasteiger partial charge in [-0.05, 0) is 6.42 Å². The van der Waals surface area contributed by atoms with Gasteiger partial charge in [0.25, 0.3) is 11.4 Å². The Morgan fingerprint density at radius 3 is 1.90 bits per heavy atom. The van der Waals surface area contributed by atoms with Gasteiger partial charge >= 0.3 is 17.3 Å². The zero-order valence-corrected chi connectivity index (χ0v) is 14.8. The van der Waals surface area contributed by atoms with E-state index in [2.05, 4.69) is 0 Å². The maximum Gasteiger partial charge on any atom is 0.338 e. The Morgan fingerprint density at radius 1 is 1.03 bits per heavy atom. The summed E-state index contributed by atoms with van der Waals surface area (Å²) in [5.41, 5.74) is -2.60. The summed E-state index contributed by atoms with van der Waals surface area (Å²) in [6.45, 7) is 2.33. The van der Waals surface area contributed by atoms with E-state index in [9.17, 15) is 40.3 Å². The van der Waals surface area contributed by atoms with Crippen LogP contribution in [0.4, 0.5) is 17.1 Å². The molecule has 0 radical (unpaired) electrons. The van der Waals surface area contributed by atoms with E-state index in [0.717, 1.165) is 6.42 Å². The minimum absolute atomic E-state index is 0.387. The molecule has 0 atom stereocenters. The second-order valence-electron chi connectivity index (χ2n) is 5.19. The number of nitro benzene ring substituents is 3. The number of hydrogen-bond acceptors (Lipinski definition) is 10. The number of phenolic OH excluding ortho intramolecular Hbond substituents is 1. The Morgan fingerprint density at radius 2 is 1.52 bits per heavy atom. The van der Waals surface area contributed by atoms with Gasteiger partial charge in [-0.2, -0.15) is 4.73 Å². The molecule has 0 saturated heterocycles. The van der Waals surface area contributed by atoms with Gasteiger partial charge in [-0.15, -0.1) is 0 Å². The van der Waals surface area contributed by atoms with Gasteiger partial charge in [-0.1, -0.05) is 6.92 Å². The first-order chi connectivity index (χ1) is 13.6. The number of pyridine rings is 1. The van der Waals surface area contributed by atoms with E-state index < -0.39 is 37.6 Å². The van der Waals surface area contributed by atoms with E-state index in [1.807, 2.05) is 6.92 Å². The van der Waals surface area contributed by atoms with Crippen LogP contribution in [0.5, 0.6) is 5.75 Å². The monoisotopic (exact) mass is 410 g/mol. The third kappa shape index (κ3) is 6.38. The van der Waals surface area contributed by atoms with Gasteiger partial charge in [0.1, 0.15) is 0 Å². The molecule has 0 amide bonds. The lowest BCUT2D eigenvalue weighted by atomic mass is 10.2. The second kappa shape index (κ2) is 10.1. The number of ether oxygens (including phenoxy) is 1. The average Bonchev–Trinajstić information content (AvgIpc) is 2.66. The van der Waals surface area contributed by atoms with Gasteiger partial charge < -0.3 is 15.1 Å². The van der Waals surface area contributed by atoms with Crippen molar-refractivity contribution < 1.29 is 34.1 Å². The zero-order chi connectivity index (χ0) is 22.1. The molecule has 154 valence electrons. The van der Waals surface area contributed by atoms with Crippen molar-refractivity contribution in [1.82, 2.24) is 0 Å². The molecule has 1 aromatic heterocycles. The Kier molecular flexibility index (Phi) is 7.90. The molecule has 1 aromatic carbocycles. The summed E-state index contributed by atoms with van der Waals surface area (Å²) in [5.74, 6) is -1.59. The molecule has 2 aromatic rings. The lowest BCUT2D eigenvalue weighted by molar-refractivity contribution is -0.605. The van der Waals surface area contributed by atoms with E-state index in [0.29, 0.717) is 29.0 Å². The number of non-ortho nitro benzene ring substituents is 1. The van der Waals surface area contributed by atoms with Crippen molar-refractivity contribution in [2.75, 3.05) is 6.61 Å². The number of carbonyl (C=O) groups is 1. The molecular formula is C15H14N4O10. The molecule has 29 heavy (non-hydrogen) atoms. The molecule has 14 heteroatoms. The van der Waals surface area contributed by atoms with Crippen LogP contribution in [0.2, 0.25) is 0 Å². The summed E-state index contributed by atoms with van der Waals surface area (Å²) < 4.78 is 5.49. The third-order valence-corrected chi connectivity index (χ3v) is 3.13. The molecule has 0 bridgehead atoms. The highest BCUT2D eigenvalue weighted by Gasteiger charge is 2.30. The summed E-state index contributed by atoms with van der Waals surface area (Å²) in [7, 11) is 0. The predicted molar refractivity (Wildman–Crippen MR) is 94.0 cm³/mol. The van der Waals surface area contributed by atoms with Crippen molar-refractivity contribution in [2.45, 2.75) is 13.3 Å². The molecule has 1 N–H and O–H groups in total. The van der Waals surface area contributed by atoms with Crippen LogP contribution < -0.4 is 4.73 Å². The van der Waals surface area contributed by atoms with Crippen LogP contribution in [0.15, 0.2) is 36.7 Å². The number of esters is 1. The van der Waals surface area contributed by atoms with E-state index in [1.165, 1.54) is 24.5 Å². The van der Waals surface area contributed by atoms with E-state index >= 15 is 0 Å². The summed E-state index contributed by atoms with van der Waals surface area (Å²) in [6.07, 6.45) is 3.32. The number of nitro groups is 3. The Labute approximate surface area is 161 Å². The van der Waals surface area contributed by atoms with E-state index in [-0.39, 0.29) is 5.97 Å². The normalized spacial score (nSPS) is 9.69. The maximum absolute atomic E-state index is 11.2. The Balaban J connectivity index is 0.000000296. The standard InChI is InChI=1S/C9H11NO3.C6H3N3O7/c1-2-7-13-9(11)8-3-5-10(12)6-4-8;10-6-4(8(13)14)1-3(7(11)12)2-5(6)9(15)16/h3-6H,2,7H2,1H3;1-2,10H. The number of nitrogens with zero attached hydrogens (tertiary/aromatic N) is 4. The number of phenols is 1. The van der Waals surface area contributed by atoms with Crippen LogP contribution in [-0.4, -0.2) is 32.5 Å². The first kappa shape index (κ1) is 22.7. The maximum atomic E-state index is 11.2. The number of aromatic hydroxyl groups is 1. The molecule has 0 aliphatic heterocycles. The van der Waals surface area contributed by atoms with Crippen molar-refractivity contribution in [1.29, 1.82) is 0 Å². The van der Waals surface area contributed by atoms with Crippen molar-refractivity contribution in [3.8, 4) is 5.75 Å². The van der Waals surface area contributed by atoms with Crippen LogP contribution >= 0.6 is 0 Å². The highest BCUT2D eigenvalue weighted by Crippen LogP contribution is 2.38. The number of rotatable bonds is 6. The molecule has 0 unspecified atom stereocenters. The largest absolute Gasteiger partial charge is 0.619 e. The Bertz CT molecular complexity index is 894. The second-order valence-corrected chi connectivity index (χ2v) is 5.19.